The second-order valence-corrected chi connectivity index (χ2v) is 4.66. The van der Waals surface area contributed by atoms with Crippen LogP contribution in [0.3, 0.4) is 0 Å². The third-order valence-electron chi connectivity index (χ3n) is 3.23. The Labute approximate surface area is 119 Å². The number of aromatic nitrogens is 1. The third kappa shape index (κ3) is 3.71. The molecule has 2 rings (SSSR count). The number of aryl methyl sites for hydroxylation is 1. The van der Waals surface area contributed by atoms with E-state index in [0.717, 1.165) is 18.7 Å². The zero-order chi connectivity index (χ0) is 14.4. The highest BCUT2D eigenvalue weighted by Gasteiger charge is 2.07. The Morgan fingerprint density at radius 2 is 1.80 bits per heavy atom. The van der Waals surface area contributed by atoms with Gasteiger partial charge in [0.15, 0.2) is 0 Å². The van der Waals surface area contributed by atoms with Crippen molar-refractivity contribution in [3.8, 4) is 0 Å². The molecule has 0 aliphatic heterocycles. The molecule has 0 aliphatic rings. The predicted octanol–water partition coefficient (Wildman–Crippen LogP) is 2.65. The summed E-state index contributed by atoms with van der Waals surface area (Å²) in [7, 11) is 1.38. The molecule has 0 unspecified atom stereocenters. The van der Waals surface area contributed by atoms with Crippen molar-refractivity contribution in [2.24, 2.45) is 0 Å². The Morgan fingerprint density at radius 1 is 1.10 bits per heavy atom. The van der Waals surface area contributed by atoms with Gasteiger partial charge in [-0.15, -0.1) is 0 Å². The third-order valence-corrected chi connectivity index (χ3v) is 3.23. The number of benzene rings is 1. The minimum absolute atomic E-state index is 0.341. The number of hydrogen-bond donors (Lipinski definition) is 2. The molecule has 1 aromatic carbocycles. The molecule has 0 aliphatic carbocycles. The van der Waals surface area contributed by atoms with Crippen molar-refractivity contribution in [3.63, 3.8) is 0 Å². The van der Waals surface area contributed by atoms with Crippen molar-refractivity contribution < 1.29 is 9.53 Å². The molecule has 0 bridgehead atoms. The van der Waals surface area contributed by atoms with E-state index < -0.39 is 0 Å². The SMILES string of the molecule is CCc1ccc(CNCc2ccc(C(=O)OC)[nH]2)cc1. The van der Waals surface area contributed by atoms with Crippen LogP contribution in [-0.2, 0) is 24.2 Å². The van der Waals surface area contributed by atoms with Crippen LogP contribution in [0.25, 0.3) is 0 Å². The molecule has 0 saturated carbocycles. The highest BCUT2D eigenvalue weighted by atomic mass is 16.5. The number of methoxy groups -OCH3 is 1. The van der Waals surface area contributed by atoms with Crippen molar-refractivity contribution in [2.45, 2.75) is 26.4 Å². The summed E-state index contributed by atoms with van der Waals surface area (Å²) in [4.78, 5) is 14.3. The van der Waals surface area contributed by atoms with Gasteiger partial charge >= 0.3 is 5.97 Å². The van der Waals surface area contributed by atoms with E-state index in [1.165, 1.54) is 18.2 Å². The van der Waals surface area contributed by atoms with Crippen LogP contribution < -0.4 is 5.32 Å². The number of aromatic amines is 1. The van der Waals surface area contributed by atoms with E-state index in [9.17, 15) is 4.79 Å². The van der Waals surface area contributed by atoms with Crippen LogP contribution in [0.5, 0.6) is 0 Å². The first-order valence-electron chi connectivity index (χ1n) is 6.77. The van der Waals surface area contributed by atoms with Crippen LogP contribution in [0.1, 0.15) is 34.2 Å². The molecule has 0 spiro atoms. The molecule has 2 N–H and O–H groups in total. The van der Waals surface area contributed by atoms with E-state index in [-0.39, 0.29) is 5.97 Å². The van der Waals surface area contributed by atoms with Crippen LogP contribution in [0.15, 0.2) is 36.4 Å². The molecule has 20 heavy (non-hydrogen) atoms. The monoisotopic (exact) mass is 272 g/mol. The van der Waals surface area contributed by atoms with Gasteiger partial charge in [-0.1, -0.05) is 31.2 Å². The van der Waals surface area contributed by atoms with Gasteiger partial charge in [0, 0.05) is 18.8 Å². The number of H-pyrrole nitrogens is 1. The number of carbonyl (C=O) groups excluding carboxylic acids is 1. The maximum Gasteiger partial charge on any atom is 0.354 e. The summed E-state index contributed by atoms with van der Waals surface area (Å²) in [5.74, 6) is -0.341. The van der Waals surface area contributed by atoms with Crippen LogP contribution in [-0.4, -0.2) is 18.1 Å². The van der Waals surface area contributed by atoms with Crippen molar-refractivity contribution in [1.29, 1.82) is 0 Å². The molecule has 0 fully saturated rings. The zero-order valence-corrected chi connectivity index (χ0v) is 11.9. The summed E-state index contributed by atoms with van der Waals surface area (Å²) in [5.41, 5.74) is 4.05. The molecule has 106 valence electrons. The van der Waals surface area contributed by atoms with E-state index in [4.69, 9.17) is 0 Å². The minimum Gasteiger partial charge on any atom is -0.464 e. The fourth-order valence-corrected chi connectivity index (χ4v) is 2.01. The van der Waals surface area contributed by atoms with E-state index in [2.05, 4.69) is 46.2 Å². The van der Waals surface area contributed by atoms with E-state index in [0.29, 0.717) is 12.2 Å². The van der Waals surface area contributed by atoms with Gasteiger partial charge in [-0.05, 0) is 29.7 Å². The molecule has 0 radical (unpaired) electrons. The summed E-state index contributed by atoms with van der Waals surface area (Å²) in [6, 6.07) is 12.2. The van der Waals surface area contributed by atoms with Gasteiger partial charge in [0.05, 0.1) is 7.11 Å². The van der Waals surface area contributed by atoms with Gasteiger partial charge in [-0.3, -0.25) is 0 Å². The lowest BCUT2D eigenvalue weighted by atomic mass is 10.1. The number of esters is 1. The Bertz CT molecular complexity index is 558. The fourth-order valence-electron chi connectivity index (χ4n) is 2.01. The highest BCUT2D eigenvalue weighted by Crippen LogP contribution is 2.06. The predicted molar refractivity (Wildman–Crippen MR) is 78.5 cm³/mol. The van der Waals surface area contributed by atoms with Crippen molar-refractivity contribution in [3.05, 3.63) is 58.9 Å². The molecule has 1 aromatic heterocycles. The van der Waals surface area contributed by atoms with Crippen LogP contribution in [0.2, 0.25) is 0 Å². The summed E-state index contributed by atoms with van der Waals surface area (Å²) < 4.78 is 4.65. The molecule has 0 atom stereocenters. The second kappa shape index (κ2) is 6.91. The quantitative estimate of drug-likeness (QED) is 0.795. The Hall–Kier alpha value is -2.07. The first kappa shape index (κ1) is 14.3. The number of rotatable bonds is 6. The Kier molecular flexibility index (Phi) is 4.96. The normalized spacial score (nSPS) is 10.5. The molecule has 4 heteroatoms. The van der Waals surface area contributed by atoms with Crippen molar-refractivity contribution >= 4 is 5.97 Å². The molecule has 0 amide bonds. The minimum atomic E-state index is -0.341. The first-order valence-corrected chi connectivity index (χ1v) is 6.77. The lowest BCUT2D eigenvalue weighted by molar-refractivity contribution is 0.0594. The summed E-state index contributed by atoms with van der Waals surface area (Å²) in [6.07, 6.45) is 1.06. The molecular weight excluding hydrogens is 252 g/mol. The number of nitrogens with one attached hydrogen (secondary N) is 2. The summed E-state index contributed by atoms with van der Waals surface area (Å²) >= 11 is 0. The zero-order valence-electron chi connectivity index (χ0n) is 11.9. The molecule has 2 aromatic rings. The summed E-state index contributed by atoms with van der Waals surface area (Å²) in [5, 5.41) is 3.34. The Morgan fingerprint density at radius 3 is 2.45 bits per heavy atom. The van der Waals surface area contributed by atoms with Crippen LogP contribution in [0, 0.1) is 0 Å². The lowest BCUT2D eigenvalue weighted by Gasteiger charge is -2.05. The number of hydrogen-bond acceptors (Lipinski definition) is 3. The molecule has 1 heterocycles. The van der Waals surface area contributed by atoms with Gasteiger partial charge in [0.25, 0.3) is 0 Å². The van der Waals surface area contributed by atoms with E-state index in [1.54, 1.807) is 6.07 Å². The highest BCUT2D eigenvalue weighted by molar-refractivity contribution is 5.87. The van der Waals surface area contributed by atoms with Crippen molar-refractivity contribution in [1.82, 2.24) is 10.3 Å². The topological polar surface area (TPSA) is 54.1 Å². The average molecular weight is 272 g/mol. The maximum atomic E-state index is 11.3. The number of ether oxygens (including phenoxy) is 1. The maximum absolute atomic E-state index is 11.3. The lowest BCUT2D eigenvalue weighted by Crippen LogP contribution is -2.13. The molecule has 4 nitrogen and oxygen atoms in total. The molecular formula is C16H20N2O2. The molecule has 0 saturated heterocycles. The van der Waals surface area contributed by atoms with Gasteiger partial charge in [-0.25, -0.2) is 4.79 Å². The van der Waals surface area contributed by atoms with Gasteiger partial charge < -0.3 is 15.0 Å². The Balaban J connectivity index is 1.83. The standard InChI is InChI=1S/C16H20N2O2/c1-3-12-4-6-13(7-5-12)10-17-11-14-8-9-15(18-14)16(19)20-2/h4-9,17-18H,3,10-11H2,1-2H3. The fraction of sp³-hybridized carbons (Fsp3) is 0.312. The largest absolute Gasteiger partial charge is 0.464 e. The van der Waals surface area contributed by atoms with Gasteiger partial charge in [0.2, 0.25) is 0 Å². The smallest absolute Gasteiger partial charge is 0.354 e. The first-order chi connectivity index (χ1) is 9.72. The van der Waals surface area contributed by atoms with E-state index in [1.807, 2.05) is 6.07 Å². The van der Waals surface area contributed by atoms with Crippen LogP contribution >= 0.6 is 0 Å². The van der Waals surface area contributed by atoms with E-state index >= 15 is 0 Å². The van der Waals surface area contributed by atoms with Gasteiger partial charge in [0.1, 0.15) is 5.69 Å². The van der Waals surface area contributed by atoms with Crippen molar-refractivity contribution in [2.75, 3.05) is 7.11 Å². The average Bonchev–Trinajstić information content (AvgIpc) is 2.96. The van der Waals surface area contributed by atoms with Gasteiger partial charge in [-0.2, -0.15) is 0 Å². The summed E-state index contributed by atoms with van der Waals surface area (Å²) in [6.45, 7) is 3.64. The number of carbonyl (C=O) groups is 1. The van der Waals surface area contributed by atoms with Crippen LogP contribution in [0.4, 0.5) is 0 Å². The second-order valence-electron chi connectivity index (χ2n) is 4.66.